The Morgan fingerprint density at radius 1 is 1.19 bits per heavy atom. The quantitative estimate of drug-likeness (QED) is 0.264. The van der Waals surface area contributed by atoms with E-state index in [2.05, 4.69) is 15.2 Å². The number of aromatic amines is 1. The first-order valence-corrected chi connectivity index (χ1v) is 11.4. The van der Waals surface area contributed by atoms with E-state index in [0.717, 1.165) is 5.56 Å². The molecule has 1 aromatic carbocycles. The zero-order valence-electron chi connectivity index (χ0n) is 18.4. The summed E-state index contributed by atoms with van der Waals surface area (Å²) in [5, 5.41) is 9.83. The number of aryl methyl sites for hydroxylation is 1. The minimum atomic E-state index is -0.433. The molecule has 2 heterocycles. The summed E-state index contributed by atoms with van der Waals surface area (Å²) in [5.74, 6) is 0.234. The van der Waals surface area contributed by atoms with Crippen LogP contribution >= 0.6 is 23.4 Å². The van der Waals surface area contributed by atoms with Crippen LogP contribution in [-0.4, -0.2) is 57.6 Å². The van der Waals surface area contributed by atoms with Crippen molar-refractivity contribution < 1.29 is 19.1 Å². The molecular formula is C22H25ClN4O4S. The van der Waals surface area contributed by atoms with Gasteiger partial charge in [-0.2, -0.15) is 0 Å². The number of esters is 1. The number of nitrogens with one attached hydrogen (secondary N) is 1. The number of halogens is 1. The third kappa shape index (κ3) is 5.23. The normalized spacial score (nSPS) is 11.0. The van der Waals surface area contributed by atoms with E-state index in [9.17, 15) is 9.59 Å². The Morgan fingerprint density at radius 3 is 2.56 bits per heavy atom. The zero-order valence-corrected chi connectivity index (χ0v) is 20.0. The molecule has 0 saturated heterocycles. The number of nitrogens with zero attached hydrogens (tertiary/aromatic N) is 3. The van der Waals surface area contributed by atoms with Gasteiger partial charge in [-0.25, -0.2) is 4.79 Å². The summed E-state index contributed by atoms with van der Waals surface area (Å²) in [6.45, 7) is 6.52. The van der Waals surface area contributed by atoms with Crippen LogP contribution in [0.4, 0.5) is 0 Å². The van der Waals surface area contributed by atoms with Crippen molar-refractivity contribution in [2.24, 2.45) is 0 Å². The number of carbonyl (C=O) groups excluding carboxylic acids is 2. The van der Waals surface area contributed by atoms with Crippen LogP contribution in [0.2, 0.25) is 5.02 Å². The number of Topliss-reactive ketones (excluding diaryl/α,β-unsaturated/α-hetero) is 1. The zero-order chi connectivity index (χ0) is 23.3. The van der Waals surface area contributed by atoms with Crippen LogP contribution in [0.1, 0.15) is 39.0 Å². The van der Waals surface area contributed by atoms with E-state index in [1.807, 2.05) is 16.7 Å². The summed E-state index contributed by atoms with van der Waals surface area (Å²) in [4.78, 5) is 28.2. The van der Waals surface area contributed by atoms with Crippen molar-refractivity contribution in [1.29, 1.82) is 0 Å². The number of ether oxygens (including phenoxy) is 2. The number of H-pyrrole nitrogens is 1. The Labute approximate surface area is 195 Å². The number of benzene rings is 1. The second kappa shape index (κ2) is 10.8. The van der Waals surface area contributed by atoms with Crippen LogP contribution in [0, 0.1) is 13.8 Å². The molecule has 0 radical (unpaired) electrons. The smallest absolute Gasteiger partial charge is 0.340 e. The molecule has 0 aliphatic rings. The van der Waals surface area contributed by atoms with Crippen LogP contribution < -0.4 is 0 Å². The molecule has 0 unspecified atom stereocenters. The summed E-state index contributed by atoms with van der Waals surface area (Å²) in [6, 6.07) is 7.33. The Kier molecular flexibility index (Phi) is 8.11. The van der Waals surface area contributed by atoms with Gasteiger partial charge in [-0.1, -0.05) is 23.4 Å². The van der Waals surface area contributed by atoms with Gasteiger partial charge in [0.1, 0.15) is 0 Å². The van der Waals surface area contributed by atoms with E-state index in [0.29, 0.717) is 51.7 Å². The van der Waals surface area contributed by atoms with Crippen LogP contribution in [0.3, 0.4) is 0 Å². The van der Waals surface area contributed by atoms with E-state index >= 15 is 0 Å². The molecule has 1 N–H and O–H groups in total. The van der Waals surface area contributed by atoms with Crippen molar-refractivity contribution in [2.75, 3.05) is 26.1 Å². The molecule has 0 bridgehead atoms. The Bertz CT molecular complexity index is 1110. The molecule has 0 spiro atoms. The summed E-state index contributed by atoms with van der Waals surface area (Å²) < 4.78 is 12.2. The van der Waals surface area contributed by atoms with Crippen LogP contribution in [-0.2, 0) is 16.0 Å². The summed E-state index contributed by atoms with van der Waals surface area (Å²) >= 11 is 7.28. The fraction of sp³-hybridized carbons (Fsp3) is 0.364. The van der Waals surface area contributed by atoms with Gasteiger partial charge in [0.15, 0.2) is 16.8 Å². The highest BCUT2D eigenvalue weighted by Crippen LogP contribution is 2.27. The second-order valence-corrected chi connectivity index (χ2v) is 8.39. The molecule has 0 amide bonds. The van der Waals surface area contributed by atoms with Gasteiger partial charge in [0.2, 0.25) is 0 Å². The molecule has 0 atom stereocenters. The van der Waals surface area contributed by atoms with Gasteiger partial charge in [0, 0.05) is 23.4 Å². The number of hydrogen-bond acceptors (Lipinski definition) is 7. The number of hydrogen-bond donors (Lipinski definition) is 1. The molecular weight excluding hydrogens is 452 g/mol. The molecule has 0 fully saturated rings. The number of rotatable bonds is 10. The molecule has 3 aromatic rings. The van der Waals surface area contributed by atoms with Crippen molar-refractivity contribution >= 4 is 35.1 Å². The van der Waals surface area contributed by atoms with Gasteiger partial charge in [-0.05, 0) is 50.6 Å². The SMILES string of the molecule is CCOC(=O)c1c(C)[nH]c(C(=O)CSc2nnc(-c3ccc(Cl)cc3)n2CCOC)c1C. The molecule has 0 saturated carbocycles. The third-order valence-electron chi connectivity index (χ3n) is 4.87. The van der Waals surface area contributed by atoms with E-state index in [4.69, 9.17) is 21.1 Å². The average Bonchev–Trinajstić information content (AvgIpc) is 3.31. The van der Waals surface area contributed by atoms with E-state index in [1.54, 1.807) is 40.0 Å². The molecule has 0 aliphatic carbocycles. The lowest BCUT2D eigenvalue weighted by Gasteiger charge is -2.09. The van der Waals surface area contributed by atoms with Gasteiger partial charge in [0.05, 0.1) is 36.8 Å². The fourth-order valence-corrected chi connectivity index (χ4v) is 4.30. The lowest BCUT2D eigenvalue weighted by atomic mass is 10.1. The summed E-state index contributed by atoms with van der Waals surface area (Å²) in [5.41, 5.74) is 2.88. The topological polar surface area (TPSA) is 99.1 Å². The minimum absolute atomic E-state index is 0.134. The molecule has 0 aliphatic heterocycles. The van der Waals surface area contributed by atoms with E-state index in [-0.39, 0.29) is 18.1 Å². The lowest BCUT2D eigenvalue weighted by molar-refractivity contribution is 0.0525. The molecule has 8 nitrogen and oxygen atoms in total. The van der Waals surface area contributed by atoms with Crippen molar-refractivity contribution in [3.63, 3.8) is 0 Å². The van der Waals surface area contributed by atoms with Gasteiger partial charge in [0.25, 0.3) is 0 Å². The first kappa shape index (κ1) is 24.0. The first-order valence-electron chi connectivity index (χ1n) is 10.1. The fourth-order valence-electron chi connectivity index (χ4n) is 3.33. The van der Waals surface area contributed by atoms with Gasteiger partial charge < -0.3 is 14.5 Å². The van der Waals surface area contributed by atoms with Gasteiger partial charge in [-0.3, -0.25) is 9.36 Å². The van der Waals surface area contributed by atoms with Gasteiger partial charge in [-0.15, -0.1) is 10.2 Å². The monoisotopic (exact) mass is 476 g/mol. The van der Waals surface area contributed by atoms with E-state index < -0.39 is 5.97 Å². The maximum Gasteiger partial charge on any atom is 0.340 e. The standard InChI is InChI=1S/C22H25ClN4O4S/c1-5-31-21(29)18-13(2)19(24-14(18)3)17(28)12-32-22-26-25-20(27(22)10-11-30-4)15-6-8-16(23)9-7-15/h6-9,24H,5,10-12H2,1-4H3. The Morgan fingerprint density at radius 2 is 1.91 bits per heavy atom. The van der Waals surface area contributed by atoms with E-state index in [1.165, 1.54) is 11.8 Å². The predicted molar refractivity (Wildman–Crippen MR) is 124 cm³/mol. The van der Waals surface area contributed by atoms with Crippen molar-refractivity contribution in [1.82, 2.24) is 19.7 Å². The molecule has 32 heavy (non-hydrogen) atoms. The minimum Gasteiger partial charge on any atom is -0.462 e. The molecule has 3 rings (SSSR count). The average molecular weight is 477 g/mol. The summed E-state index contributed by atoms with van der Waals surface area (Å²) in [6.07, 6.45) is 0. The highest BCUT2D eigenvalue weighted by molar-refractivity contribution is 7.99. The first-order chi connectivity index (χ1) is 15.4. The van der Waals surface area contributed by atoms with Crippen molar-refractivity contribution in [3.05, 3.63) is 51.8 Å². The predicted octanol–water partition coefficient (Wildman–Crippen LogP) is 4.34. The van der Waals surface area contributed by atoms with Crippen LogP contribution in [0.25, 0.3) is 11.4 Å². The highest BCUT2D eigenvalue weighted by Gasteiger charge is 2.23. The lowest BCUT2D eigenvalue weighted by Crippen LogP contribution is -2.10. The van der Waals surface area contributed by atoms with Crippen molar-refractivity contribution in [2.45, 2.75) is 32.5 Å². The Balaban J connectivity index is 1.81. The maximum atomic E-state index is 12.9. The number of thioether (sulfide) groups is 1. The molecule has 170 valence electrons. The highest BCUT2D eigenvalue weighted by atomic mass is 35.5. The van der Waals surface area contributed by atoms with Gasteiger partial charge >= 0.3 is 5.97 Å². The largest absolute Gasteiger partial charge is 0.462 e. The molecule has 10 heteroatoms. The van der Waals surface area contributed by atoms with Crippen LogP contribution in [0.5, 0.6) is 0 Å². The number of methoxy groups -OCH3 is 1. The number of aromatic nitrogens is 4. The Hall–Kier alpha value is -2.62. The summed E-state index contributed by atoms with van der Waals surface area (Å²) in [7, 11) is 1.63. The molecule has 2 aromatic heterocycles. The van der Waals surface area contributed by atoms with Crippen LogP contribution in [0.15, 0.2) is 29.4 Å². The van der Waals surface area contributed by atoms with Crippen molar-refractivity contribution in [3.8, 4) is 11.4 Å². The second-order valence-electron chi connectivity index (χ2n) is 7.01. The number of ketones is 1. The third-order valence-corrected chi connectivity index (χ3v) is 6.09. The maximum absolute atomic E-state index is 12.9. The number of carbonyl (C=O) groups is 2.